The molecule has 0 aliphatic carbocycles. The Bertz CT molecular complexity index is 664. The summed E-state index contributed by atoms with van der Waals surface area (Å²) in [4.78, 5) is 14.4. The van der Waals surface area contributed by atoms with E-state index in [-0.39, 0.29) is 0 Å². The third-order valence-corrected chi connectivity index (χ3v) is 5.03. The lowest BCUT2D eigenvalue weighted by Crippen LogP contribution is -2.38. The Morgan fingerprint density at radius 3 is 2.87 bits per heavy atom. The van der Waals surface area contributed by atoms with Gasteiger partial charge < -0.3 is 14.2 Å². The van der Waals surface area contributed by atoms with Crippen LogP contribution in [-0.4, -0.2) is 77.3 Å². The van der Waals surface area contributed by atoms with Gasteiger partial charge in [0.15, 0.2) is 5.65 Å². The van der Waals surface area contributed by atoms with Gasteiger partial charge in [0.05, 0.1) is 13.2 Å². The van der Waals surface area contributed by atoms with Crippen molar-refractivity contribution in [3.05, 3.63) is 24.2 Å². The van der Waals surface area contributed by atoms with Crippen molar-refractivity contribution in [1.29, 1.82) is 0 Å². The highest BCUT2D eigenvalue weighted by Crippen LogP contribution is 2.28. The molecule has 0 bridgehead atoms. The lowest BCUT2D eigenvalue weighted by Gasteiger charge is -2.27. The fourth-order valence-corrected chi connectivity index (χ4v) is 3.72. The van der Waals surface area contributed by atoms with E-state index in [1.807, 2.05) is 12.3 Å². The molecule has 4 rings (SSSR count). The van der Waals surface area contributed by atoms with Crippen LogP contribution in [0.4, 0.5) is 0 Å². The van der Waals surface area contributed by atoms with Gasteiger partial charge in [-0.25, -0.2) is 9.97 Å². The monoisotopic (exact) mass is 315 g/mol. The van der Waals surface area contributed by atoms with Gasteiger partial charge in [-0.3, -0.25) is 4.90 Å². The average molecular weight is 315 g/mol. The molecule has 6 nitrogen and oxygen atoms in total. The lowest BCUT2D eigenvalue weighted by molar-refractivity contribution is 0.0364. The molecule has 1 unspecified atom stereocenters. The third-order valence-electron chi connectivity index (χ3n) is 5.03. The standard InChI is InChI=1S/C17H25N5O/c1-20-6-4-14(13-20)16-19-15-3-2-5-18-17(15)22(16)8-7-21-9-11-23-12-10-21/h2-3,5,14H,4,6-13H2,1H3. The molecule has 2 aromatic heterocycles. The van der Waals surface area contributed by atoms with Crippen LogP contribution in [-0.2, 0) is 11.3 Å². The van der Waals surface area contributed by atoms with E-state index in [2.05, 4.69) is 32.5 Å². The molecule has 2 aromatic rings. The van der Waals surface area contributed by atoms with Gasteiger partial charge in [0.1, 0.15) is 11.3 Å². The molecule has 0 spiro atoms. The zero-order chi connectivity index (χ0) is 15.6. The minimum Gasteiger partial charge on any atom is -0.379 e. The van der Waals surface area contributed by atoms with Crippen LogP contribution < -0.4 is 0 Å². The van der Waals surface area contributed by atoms with E-state index < -0.39 is 0 Å². The van der Waals surface area contributed by atoms with E-state index in [0.717, 1.165) is 63.6 Å². The molecule has 0 saturated carbocycles. The van der Waals surface area contributed by atoms with Gasteiger partial charge in [0.2, 0.25) is 0 Å². The van der Waals surface area contributed by atoms with Crippen LogP contribution in [0.3, 0.4) is 0 Å². The second-order valence-electron chi connectivity index (χ2n) is 6.67. The predicted molar refractivity (Wildman–Crippen MR) is 89.6 cm³/mol. The molecule has 0 amide bonds. The number of nitrogens with zero attached hydrogens (tertiary/aromatic N) is 5. The molecule has 2 aliphatic heterocycles. The molecular weight excluding hydrogens is 290 g/mol. The fourth-order valence-electron chi connectivity index (χ4n) is 3.72. The van der Waals surface area contributed by atoms with Gasteiger partial charge in [-0.15, -0.1) is 0 Å². The highest BCUT2D eigenvalue weighted by Gasteiger charge is 2.27. The molecule has 0 N–H and O–H groups in total. The van der Waals surface area contributed by atoms with Crippen molar-refractivity contribution in [3.63, 3.8) is 0 Å². The summed E-state index contributed by atoms with van der Waals surface area (Å²) in [6.07, 6.45) is 3.07. The van der Waals surface area contributed by atoms with Crippen LogP contribution in [0.25, 0.3) is 11.2 Å². The zero-order valence-electron chi connectivity index (χ0n) is 13.8. The summed E-state index contributed by atoms with van der Waals surface area (Å²) in [6.45, 7) is 8.02. The summed E-state index contributed by atoms with van der Waals surface area (Å²) in [5, 5.41) is 0. The number of likely N-dealkylation sites (tertiary alicyclic amines) is 1. The van der Waals surface area contributed by atoms with Gasteiger partial charge in [-0.05, 0) is 32.1 Å². The normalized spacial score (nSPS) is 23.8. The van der Waals surface area contributed by atoms with Crippen LogP contribution >= 0.6 is 0 Å². The maximum Gasteiger partial charge on any atom is 0.160 e. The number of fused-ring (bicyclic) bond motifs is 1. The smallest absolute Gasteiger partial charge is 0.160 e. The van der Waals surface area contributed by atoms with Gasteiger partial charge in [0.25, 0.3) is 0 Å². The molecular formula is C17H25N5O. The lowest BCUT2D eigenvalue weighted by atomic mass is 10.1. The van der Waals surface area contributed by atoms with Crippen molar-refractivity contribution in [3.8, 4) is 0 Å². The first-order valence-corrected chi connectivity index (χ1v) is 8.61. The van der Waals surface area contributed by atoms with E-state index in [1.54, 1.807) is 0 Å². The van der Waals surface area contributed by atoms with Gasteiger partial charge in [0, 0.05) is 44.8 Å². The first kappa shape index (κ1) is 15.1. The summed E-state index contributed by atoms with van der Waals surface area (Å²) in [5.41, 5.74) is 2.06. The van der Waals surface area contributed by atoms with Crippen LogP contribution in [0.15, 0.2) is 18.3 Å². The van der Waals surface area contributed by atoms with E-state index in [9.17, 15) is 0 Å². The molecule has 1 atom stereocenters. The largest absolute Gasteiger partial charge is 0.379 e. The maximum atomic E-state index is 5.45. The Labute approximate surface area is 137 Å². The molecule has 124 valence electrons. The number of likely N-dealkylation sites (N-methyl/N-ethyl adjacent to an activating group) is 1. The number of pyridine rings is 1. The van der Waals surface area contributed by atoms with Crippen molar-refractivity contribution in [2.75, 3.05) is 53.0 Å². The van der Waals surface area contributed by atoms with E-state index in [4.69, 9.17) is 9.72 Å². The summed E-state index contributed by atoms with van der Waals surface area (Å²) in [7, 11) is 2.19. The first-order valence-electron chi connectivity index (χ1n) is 8.61. The van der Waals surface area contributed by atoms with Crippen molar-refractivity contribution in [2.45, 2.75) is 18.9 Å². The van der Waals surface area contributed by atoms with Crippen LogP contribution in [0.2, 0.25) is 0 Å². The van der Waals surface area contributed by atoms with Gasteiger partial charge in [-0.2, -0.15) is 0 Å². The summed E-state index contributed by atoms with van der Waals surface area (Å²) < 4.78 is 7.80. The molecule has 2 aliphatic rings. The number of aromatic nitrogens is 3. The minimum atomic E-state index is 0.527. The zero-order valence-corrected chi connectivity index (χ0v) is 13.8. The summed E-state index contributed by atoms with van der Waals surface area (Å²) in [6, 6.07) is 4.06. The SMILES string of the molecule is CN1CCC(c2nc3cccnc3n2CCN2CCOCC2)C1. The summed E-state index contributed by atoms with van der Waals surface area (Å²) >= 11 is 0. The highest BCUT2D eigenvalue weighted by atomic mass is 16.5. The van der Waals surface area contributed by atoms with Crippen molar-refractivity contribution < 1.29 is 4.74 Å². The molecule has 0 radical (unpaired) electrons. The first-order chi connectivity index (χ1) is 11.3. The number of rotatable bonds is 4. The molecule has 6 heteroatoms. The quantitative estimate of drug-likeness (QED) is 0.848. The predicted octanol–water partition coefficient (Wildman–Crippen LogP) is 1.18. The van der Waals surface area contributed by atoms with Gasteiger partial charge >= 0.3 is 0 Å². The van der Waals surface area contributed by atoms with Gasteiger partial charge in [-0.1, -0.05) is 0 Å². The number of hydrogen-bond donors (Lipinski definition) is 0. The minimum absolute atomic E-state index is 0.527. The second-order valence-corrected chi connectivity index (χ2v) is 6.67. The summed E-state index contributed by atoms with van der Waals surface area (Å²) in [5.74, 6) is 1.75. The Morgan fingerprint density at radius 1 is 1.22 bits per heavy atom. The van der Waals surface area contributed by atoms with Crippen molar-refractivity contribution in [1.82, 2.24) is 24.3 Å². The highest BCUT2D eigenvalue weighted by molar-refractivity contribution is 5.71. The number of imidazole rings is 1. The Hall–Kier alpha value is -1.50. The van der Waals surface area contributed by atoms with E-state index >= 15 is 0 Å². The number of hydrogen-bond acceptors (Lipinski definition) is 5. The average Bonchev–Trinajstić information content (AvgIpc) is 3.17. The third kappa shape index (κ3) is 3.11. The molecule has 2 fully saturated rings. The molecule has 0 aromatic carbocycles. The Morgan fingerprint density at radius 2 is 2.09 bits per heavy atom. The molecule has 23 heavy (non-hydrogen) atoms. The van der Waals surface area contributed by atoms with Crippen LogP contribution in [0, 0.1) is 0 Å². The Kier molecular flexibility index (Phi) is 4.29. The van der Waals surface area contributed by atoms with Crippen LogP contribution in [0.1, 0.15) is 18.2 Å². The number of morpholine rings is 1. The fraction of sp³-hybridized carbons (Fsp3) is 0.647. The molecule has 2 saturated heterocycles. The Balaban J connectivity index is 1.60. The van der Waals surface area contributed by atoms with Crippen molar-refractivity contribution >= 4 is 11.2 Å². The van der Waals surface area contributed by atoms with E-state index in [1.165, 1.54) is 12.2 Å². The molecule has 4 heterocycles. The second kappa shape index (κ2) is 6.55. The topological polar surface area (TPSA) is 46.4 Å². The van der Waals surface area contributed by atoms with Crippen LogP contribution in [0.5, 0.6) is 0 Å². The van der Waals surface area contributed by atoms with E-state index in [0.29, 0.717) is 5.92 Å². The van der Waals surface area contributed by atoms with Crippen molar-refractivity contribution in [2.24, 2.45) is 0 Å². The maximum absolute atomic E-state index is 5.45. The number of ether oxygens (including phenoxy) is 1.